The first kappa shape index (κ1) is 10.4. The number of hydrogen-bond acceptors (Lipinski definition) is 3. The highest BCUT2D eigenvalue weighted by atomic mass is 32.2. The topological polar surface area (TPSA) is 32.3 Å². The second-order valence-corrected chi connectivity index (χ2v) is 4.55. The fraction of sp³-hybridized carbons (Fsp3) is 1.00. The molecule has 1 rings (SSSR count). The summed E-state index contributed by atoms with van der Waals surface area (Å²) in [7, 11) is 0. The van der Waals surface area contributed by atoms with Crippen LogP contribution in [0.1, 0.15) is 25.7 Å². The molecule has 1 aliphatic rings. The average Bonchev–Trinajstić information content (AvgIpc) is 2.55. The van der Waals surface area contributed by atoms with Crippen LogP contribution in [0.15, 0.2) is 0 Å². The number of aliphatic hydroxyl groups excluding tert-OH is 1. The van der Waals surface area contributed by atoms with Crippen molar-refractivity contribution in [3.63, 3.8) is 0 Å². The highest BCUT2D eigenvalue weighted by Gasteiger charge is 2.31. The average molecular weight is 189 g/mol. The summed E-state index contributed by atoms with van der Waals surface area (Å²) in [6.45, 7) is 1.39. The molecular weight excluding hydrogens is 170 g/mol. The van der Waals surface area contributed by atoms with E-state index in [9.17, 15) is 5.11 Å². The zero-order chi connectivity index (χ0) is 8.86. The molecule has 0 spiro atoms. The van der Waals surface area contributed by atoms with Crippen molar-refractivity contribution in [3.8, 4) is 0 Å². The van der Waals surface area contributed by atoms with Crippen molar-refractivity contribution in [1.29, 1.82) is 0 Å². The van der Waals surface area contributed by atoms with Crippen molar-refractivity contribution >= 4 is 11.8 Å². The maximum Gasteiger partial charge on any atom is 0.0613 e. The Morgan fingerprint density at radius 1 is 1.58 bits per heavy atom. The Bertz CT molecular complexity index is 124. The second-order valence-electron chi connectivity index (χ2n) is 3.57. The number of rotatable bonds is 5. The van der Waals surface area contributed by atoms with Gasteiger partial charge >= 0.3 is 0 Å². The molecule has 2 nitrogen and oxygen atoms in total. The van der Waals surface area contributed by atoms with Crippen LogP contribution < -0.4 is 5.32 Å². The summed E-state index contributed by atoms with van der Waals surface area (Å²) in [5.74, 6) is 1.21. The highest BCUT2D eigenvalue weighted by molar-refractivity contribution is 7.98. The Labute approximate surface area is 79.1 Å². The van der Waals surface area contributed by atoms with Crippen LogP contribution in [0.4, 0.5) is 0 Å². The van der Waals surface area contributed by atoms with E-state index >= 15 is 0 Å². The lowest BCUT2D eigenvalue weighted by Gasteiger charge is -2.26. The standard InChI is InChI=1S/C9H19NOS/c1-12-7-3-5-9(8-11)4-2-6-10-9/h10-11H,2-8H2,1H3. The summed E-state index contributed by atoms with van der Waals surface area (Å²) in [5.41, 5.74) is 0.0791. The van der Waals surface area contributed by atoms with Gasteiger partial charge in [-0.1, -0.05) is 0 Å². The molecule has 0 aliphatic carbocycles. The maximum absolute atomic E-state index is 9.25. The van der Waals surface area contributed by atoms with Gasteiger partial charge in [0.25, 0.3) is 0 Å². The van der Waals surface area contributed by atoms with Crippen molar-refractivity contribution in [2.75, 3.05) is 25.2 Å². The predicted molar refractivity (Wildman–Crippen MR) is 54.7 cm³/mol. The molecule has 0 bridgehead atoms. The molecule has 1 heterocycles. The Kier molecular flexibility index (Phi) is 4.40. The zero-order valence-corrected chi connectivity index (χ0v) is 8.62. The maximum atomic E-state index is 9.25. The molecule has 1 atom stereocenters. The van der Waals surface area contributed by atoms with Crippen molar-refractivity contribution in [2.24, 2.45) is 0 Å². The molecule has 0 amide bonds. The lowest BCUT2D eigenvalue weighted by atomic mass is 9.93. The minimum absolute atomic E-state index is 0.0791. The normalized spacial score (nSPS) is 29.5. The Morgan fingerprint density at radius 3 is 2.92 bits per heavy atom. The van der Waals surface area contributed by atoms with E-state index in [-0.39, 0.29) is 5.54 Å². The van der Waals surface area contributed by atoms with E-state index in [1.54, 1.807) is 0 Å². The van der Waals surface area contributed by atoms with Crippen molar-refractivity contribution in [1.82, 2.24) is 5.32 Å². The molecule has 2 N–H and O–H groups in total. The van der Waals surface area contributed by atoms with Gasteiger partial charge in [-0.2, -0.15) is 11.8 Å². The molecule has 0 saturated carbocycles. The van der Waals surface area contributed by atoms with Crippen LogP contribution in [0.5, 0.6) is 0 Å². The van der Waals surface area contributed by atoms with Crippen LogP contribution in [-0.2, 0) is 0 Å². The van der Waals surface area contributed by atoms with Gasteiger partial charge in [0.1, 0.15) is 0 Å². The first-order valence-corrected chi connectivity index (χ1v) is 6.07. The van der Waals surface area contributed by atoms with Crippen molar-refractivity contribution in [3.05, 3.63) is 0 Å². The van der Waals surface area contributed by atoms with Crippen LogP contribution in [0.3, 0.4) is 0 Å². The van der Waals surface area contributed by atoms with Crippen LogP contribution >= 0.6 is 11.8 Å². The summed E-state index contributed by atoms with van der Waals surface area (Å²) < 4.78 is 0. The van der Waals surface area contributed by atoms with Gasteiger partial charge in [0, 0.05) is 5.54 Å². The van der Waals surface area contributed by atoms with E-state index < -0.39 is 0 Å². The molecule has 0 aromatic rings. The summed E-state index contributed by atoms with van der Waals surface area (Å²) in [6, 6.07) is 0. The van der Waals surface area contributed by atoms with E-state index in [4.69, 9.17) is 0 Å². The molecular formula is C9H19NOS. The van der Waals surface area contributed by atoms with Gasteiger partial charge in [0.05, 0.1) is 6.61 Å². The van der Waals surface area contributed by atoms with E-state index in [0.717, 1.165) is 19.4 Å². The summed E-state index contributed by atoms with van der Waals surface area (Å²) in [6.07, 6.45) is 6.85. The van der Waals surface area contributed by atoms with Crippen LogP contribution in [0, 0.1) is 0 Å². The zero-order valence-electron chi connectivity index (χ0n) is 7.81. The minimum atomic E-state index is 0.0791. The number of thioether (sulfide) groups is 1. The third kappa shape index (κ3) is 2.64. The quantitative estimate of drug-likeness (QED) is 0.638. The predicted octanol–water partition coefficient (Wildman–Crippen LogP) is 1.24. The third-order valence-corrected chi connectivity index (χ3v) is 3.34. The Balaban J connectivity index is 2.24. The van der Waals surface area contributed by atoms with Gasteiger partial charge in [-0.05, 0) is 44.2 Å². The second kappa shape index (κ2) is 5.10. The largest absolute Gasteiger partial charge is 0.394 e. The Morgan fingerprint density at radius 2 is 2.42 bits per heavy atom. The van der Waals surface area contributed by atoms with Crippen molar-refractivity contribution in [2.45, 2.75) is 31.2 Å². The number of aliphatic hydroxyl groups is 1. The lowest BCUT2D eigenvalue weighted by Crippen LogP contribution is -2.43. The monoisotopic (exact) mass is 189 g/mol. The smallest absolute Gasteiger partial charge is 0.0613 e. The highest BCUT2D eigenvalue weighted by Crippen LogP contribution is 2.24. The van der Waals surface area contributed by atoms with Gasteiger partial charge in [0.15, 0.2) is 0 Å². The fourth-order valence-corrected chi connectivity index (χ4v) is 2.28. The van der Waals surface area contributed by atoms with Crippen LogP contribution in [-0.4, -0.2) is 35.8 Å². The summed E-state index contributed by atoms with van der Waals surface area (Å²) in [5, 5.41) is 12.7. The molecule has 12 heavy (non-hydrogen) atoms. The lowest BCUT2D eigenvalue weighted by molar-refractivity contribution is 0.168. The van der Waals surface area contributed by atoms with Crippen LogP contribution in [0.25, 0.3) is 0 Å². The molecule has 3 heteroatoms. The Hall–Kier alpha value is 0.270. The van der Waals surface area contributed by atoms with Gasteiger partial charge in [-0.25, -0.2) is 0 Å². The van der Waals surface area contributed by atoms with Gasteiger partial charge in [-0.15, -0.1) is 0 Å². The van der Waals surface area contributed by atoms with Gasteiger partial charge in [-0.3, -0.25) is 0 Å². The summed E-state index contributed by atoms with van der Waals surface area (Å²) >= 11 is 1.88. The molecule has 0 radical (unpaired) electrons. The summed E-state index contributed by atoms with van der Waals surface area (Å²) in [4.78, 5) is 0. The molecule has 0 aromatic heterocycles. The van der Waals surface area contributed by atoms with Crippen molar-refractivity contribution < 1.29 is 5.11 Å². The minimum Gasteiger partial charge on any atom is -0.394 e. The van der Waals surface area contributed by atoms with Gasteiger partial charge in [0.2, 0.25) is 0 Å². The number of nitrogens with one attached hydrogen (secondary N) is 1. The molecule has 1 unspecified atom stereocenters. The molecule has 1 saturated heterocycles. The third-order valence-electron chi connectivity index (χ3n) is 2.64. The first-order valence-electron chi connectivity index (χ1n) is 4.68. The van der Waals surface area contributed by atoms with E-state index in [1.807, 2.05) is 11.8 Å². The number of hydrogen-bond donors (Lipinski definition) is 2. The molecule has 1 aliphatic heterocycles. The molecule has 1 fully saturated rings. The van der Waals surface area contributed by atoms with E-state index in [1.165, 1.54) is 18.6 Å². The molecule has 72 valence electrons. The van der Waals surface area contributed by atoms with Gasteiger partial charge < -0.3 is 10.4 Å². The SMILES string of the molecule is CSCCCC1(CO)CCCN1. The first-order chi connectivity index (χ1) is 5.83. The van der Waals surface area contributed by atoms with E-state index in [0.29, 0.717) is 6.61 Å². The van der Waals surface area contributed by atoms with Crippen LogP contribution in [0.2, 0.25) is 0 Å². The fourth-order valence-electron chi connectivity index (χ4n) is 1.85. The molecule has 0 aromatic carbocycles. The van der Waals surface area contributed by atoms with E-state index in [2.05, 4.69) is 11.6 Å².